The third-order valence-corrected chi connectivity index (χ3v) is 4.65. The number of carboxylic acid groups (broad SMARTS) is 1. The zero-order chi connectivity index (χ0) is 18.4. The smallest absolute Gasteiger partial charge is 0.335 e. The molecule has 2 aromatic heterocycles. The number of fused-ring (bicyclic) bond motifs is 2. The standard InChI is InChI=1S/C19H17ClN4O2/c1-11(2)24-18-14(9-22-24)6-16(20)7-15(18)10-23-17-4-3-12(19(25)26)5-13(17)8-21-23/h3-9,11H,10H2,1-2H3,(H,25,26). The highest BCUT2D eigenvalue weighted by atomic mass is 35.5. The number of aromatic carboxylic acids is 1. The number of rotatable bonds is 4. The number of nitrogens with zero attached hydrogens (tertiary/aromatic N) is 4. The number of carbonyl (C=O) groups is 1. The van der Waals surface area contributed by atoms with Crippen molar-refractivity contribution in [3.8, 4) is 0 Å². The van der Waals surface area contributed by atoms with E-state index in [0.29, 0.717) is 11.6 Å². The van der Waals surface area contributed by atoms with Gasteiger partial charge >= 0.3 is 5.97 Å². The molecule has 26 heavy (non-hydrogen) atoms. The summed E-state index contributed by atoms with van der Waals surface area (Å²) in [5.41, 5.74) is 3.18. The Hall–Kier alpha value is -2.86. The van der Waals surface area contributed by atoms with Crippen molar-refractivity contribution >= 4 is 39.4 Å². The van der Waals surface area contributed by atoms with Gasteiger partial charge < -0.3 is 5.11 Å². The monoisotopic (exact) mass is 368 g/mol. The average Bonchev–Trinajstić information content (AvgIpc) is 3.18. The molecule has 0 amide bonds. The molecular weight excluding hydrogens is 352 g/mol. The van der Waals surface area contributed by atoms with Crippen LogP contribution in [0.3, 0.4) is 0 Å². The molecule has 6 nitrogen and oxygen atoms in total. The van der Waals surface area contributed by atoms with Crippen LogP contribution in [0.15, 0.2) is 42.7 Å². The lowest BCUT2D eigenvalue weighted by Crippen LogP contribution is -2.07. The van der Waals surface area contributed by atoms with Gasteiger partial charge in [0.15, 0.2) is 0 Å². The third-order valence-electron chi connectivity index (χ3n) is 4.43. The first-order valence-electron chi connectivity index (χ1n) is 8.28. The maximum atomic E-state index is 11.1. The van der Waals surface area contributed by atoms with Crippen molar-refractivity contribution in [3.63, 3.8) is 0 Å². The van der Waals surface area contributed by atoms with Gasteiger partial charge in [0, 0.05) is 27.4 Å². The minimum absolute atomic E-state index is 0.222. The van der Waals surface area contributed by atoms with Crippen LogP contribution in [-0.4, -0.2) is 30.6 Å². The molecule has 0 spiro atoms. The molecule has 0 radical (unpaired) electrons. The highest BCUT2D eigenvalue weighted by Crippen LogP contribution is 2.27. The zero-order valence-electron chi connectivity index (χ0n) is 14.3. The predicted molar refractivity (Wildman–Crippen MR) is 101 cm³/mol. The fraction of sp³-hybridized carbons (Fsp3) is 0.211. The second-order valence-corrected chi connectivity index (χ2v) is 7.00. The van der Waals surface area contributed by atoms with E-state index in [9.17, 15) is 4.79 Å². The average molecular weight is 369 g/mol. The van der Waals surface area contributed by atoms with Crippen LogP contribution in [0.25, 0.3) is 21.8 Å². The van der Waals surface area contributed by atoms with Gasteiger partial charge in [0.05, 0.1) is 35.5 Å². The normalized spacial score (nSPS) is 11.7. The minimum Gasteiger partial charge on any atom is -0.478 e. The first-order valence-corrected chi connectivity index (χ1v) is 8.66. The van der Waals surface area contributed by atoms with Gasteiger partial charge in [-0.15, -0.1) is 0 Å². The molecule has 0 aliphatic carbocycles. The molecule has 0 saturated carbocycles. The van der Waals surface area contributed by atoms with Crippen molar-refractivity contribution in [2.75, 3.05) is 0 Å². The van der Waals surface area contributed by atoms with Crippen LogP contribution in [0.1, 0.15) is 35.8 Å². The summed E-state index contributed by atoms with van der Waals surface area (Å²) in [5, 5.41) is 20.5. The Bertz CT molecular complexity index is 1140. The lowest BCUT2D eigenvalue weighted by Gasteiger charge is -2.12. The first kappa shape index (κ1) is 16.6. The zero-order valence-corrected chi connectivity index (χ0v) is 15.1. The Labute approximate surface area is 154 Å². The van der Waals surface area contributed by atoms with E-state index in [1.807, 2.05) is 27.7 Å². The van der Waals surface area contributed by atoms with Gasteiger partial charge in [0.25, 0.3) is 0 Å². The lowest BCUT2D eigenvalue weighted by molar-refractivity contribution is 0.0697. The molecule has 7 heteroatoms. The molecule has 0 aliphatic heterocycles. The molecule has 0 saturated heterocycles. The van der Waals surface area contributed by atoms with E-state index in [4.69, 9.17) is 16.7 Å². The highest BCUT2D eigenvalue weighted by molar-refractivity contribution is 6.31. The number of aromatic nitrogens is 4. The van der Waals surface area contributed by atoms with Crippen molar-refractivity contribution in [1.29, 1.82) is 0 Å². The van der Waals surface area contributed by atoms with E-state index in [2.05, 4.69) is 24.0 Å². The Balaban J connectivity index is 1.83. The van der Waals surface area contributed by atoms with E-state index in [0.717, 1.165) is 27.4 Å². The molecule has 1 N–H and O–H groups in total. The molecule has 2 heterocycles. The largest absolute Gasteiger partial charge is 0.478 e. The van der Waals surface area contributed by atoms with Gasteiger partial charge in [-0.1, -0.05) is 11.6 Å². The van der Waals surface area contributed by atoms with Gasteiger partial charge in [-0.25, -0.2) is 4.79 Å². The van der Waals surface area contributed by atoms with E-state index in [-0.39, 0.29) is 11.6 Å². The molecule has 2 aromatic carbocycles. The number of halogens is 1. The van der Waals surface area contributed by atoms with E-state index >= 15 is 0 Å². The molecule has 0 fully saturated rings. The second-order valence-electron chi connectivity index (χ2n) is 6.57. The first-order chi connectivity index (χ1) is 12.4. The Morgan fingerprint density at radius 1 is 1.15 bits per heavy atom. The van der Waals surface area contributed by atoms with Crippen LogP contribution in [0, 0.1) is 0 Å². The van der Waals surface area contributed by atoms with E-state index in [1.54, 1.807) is 24.4 Å². The van der Waals surface area contributed by atoms with Gasteiger partial charge in [0.2, 0.25) is 0 Å². The van der Waals surface area contributed by atoms with E-state index in [1.165, 1.54) is 0 Å². The summed E-state index contributed by atoms with van der Waals surface area (Å²) >= 11 is 6.29. The topological polar surface area (TPSA) is 72.9 Å². The predicted octanol–water partition coefficient (Wildman–Crippen LogP) is 4.37. The Morgan fingerprint density at radius 2 is 1.92 bits per heavy atom. The number of carboxylic acids is 1. The highest BCUT2D eigenvalue weighted by Gasteiger charge is 2.14. The van der Waals surface area contributed by atoms with Gasteiger partial charge in [-0.2, -0.15) is 10.2 Å². The second kappa shape index (κ2) is 6.14. The van der Waals surface area contributed by atoms with Crippen LogP contribution >= 0.6 is 11.6 Å². The fourth-order valence-corrected chi connectivity index (χ4v) is 3.51. The Kier molecular flexibility index (Phi) is 3.92. The molecule has 4 rings (SSSR count). The van der Waals surface area contributed by atoms with Crippen molar-refractivity contribution in [1.82, 2.24) is 19.6 Å². The van der Waals surface area contributed by atoms with Gasteiger partial charge in [0.1, 0.15) is 0 Å². The number of hydrogen-bond acceptors (Lipinski definition) is 3. The lowest BCUT2D eigenvalue weighted by atomic mass is 10.1. The van der Waals surface area contributed by atoms with Crippen LogP contribution in [0.5, 0.6) is 0 Å². The van der Waals surface area contributed by atoms with E-state index < -0.39 is 5.97 Å². The van der Waals surface area contributed by atoms with Crippen LogP contribution in [0.2, 0.25) is 5.02 Å². The van der Waals surface area contributed by atoms with Crippen molar-refractivity contribution < 1.29 is 9.90 Å². The maximum Gasteiger partial charge on any atom is 0.335 e. The molecule has 0 unspecified atom stereocenters. The third kappa shape index (κ3) is 2.72. The van der Waals surface area contributed by atoms with Crippen molar-refractivity contribution in [3.05, 3.63) is 58.9 Å². The van der Waals surface area contributed by atoms with Gasteiger partial charge in [-0.3, -0.25) is 9.36 Å². The summed E-state index contributed by atoms with van der Waals surface area (Å²) in [6, 6.07) is 9.07. The molecule has 4 aromatic rings. The Morgan fingerprint density at radius 3 is 2.65 bits per heavy atom. The summed E-state index contributed by atoms with van der Waals surface area (Å²) in [4.78, 5) is 11.1. The molecule has 0 atom stereocenters. The molecular formula is C19H17ClN4O2. The van der Waals surface area contributed by atoms with Crippen molar-refractivity contribution in [2.24, 2.45) is 0 Å². The summed E-state index contributed by atoms with van der Waals surface area (Å²) < 4.78 is 3.83. The maximum absolute atomic E-state index is 11.1. The quantitative estimate of drug-likeness (QED) is 0.580. The number of benzene rings is 2. The van der Waals surface area contributed by atoms with Gasteiger partial charge in [-0.05, 0) is 44.2 Å². The van der Waals surface area contributed by atoms with Crippen LogP contribution in [-0.2, 0) is 6.54 Å². The fourth-order valence-electron chi connectivity index (χ4n) is 3.26. The van der Waals surface area contributed by atoms with Crippen molar-refractivity contribution in [2.45, 2.75) is 26.4 Å². The number of hydrogen-bond donors (Lipinski definition) is 1. The molecule has 132 valence electrons. The summed E-state index contributed by atoms with van der Waals surface area (Å²) in [6.07, 6.45) is 3.51. The summed E-state index contributed by atoms with van der Waals surface area (Å²) in [6.45, 7) is 4.69. The minimum atomic E-state index is -0.947. The summed E-state index contributed by atoms with van der Waals surface area (Å²) in [5.74, 6) is -0.947. The molecule has 0 aliphatic rings. The van der Waals surface area contributed by atoms with Crippen LogP contribution in [0.4, 0.5) is 0 Å². The molecule has 0 bridgehead atoms. The van der Waals surface area contributed by atoms with Crippen LogP contribution < -0.4 is 0 Å². The SMILES string of the molecule is CC(C)n1ncc2cc(Cl)cc(Cn3ncc4cc(C(=O)O)ccc43)c21. The summed E-state index contributed by atoms with van der Waals surface area (Å²) in [7, 11) is 0.